The Hall–Kier alpha value is -1.30. The average molecular weight is 379 g/mol. The number of benzene rings is 1. The molecule has 0 saturated heterocycles. The molecule has 2 N–H and O–H groups in total. The number of aliphatic hydroxyl groups excluding tert-OH is 1. The van der Waals surface area contributed by atoms with Gasteiger partial charge in [-0.05, 0) is 99.0 Å². The van der Waals surface area contributed by atoms with Gasteiger partial charge in [0.25, 0.3) is 0 Å². The third-order valence-electron chi connectivity index (χ3n) is 9.24. The predicted octanol–water partition coefficient (Wildman–Crippen LogP) is 4.78. The Morgan fingerprint density at radius 3 is 2.46 bits per heavy atom. The molecule has 0 spiro atoms. The minimum Gasteiger partial charge on any atom is -0.393 e. The molecule has 28 heavy (non-hydrogen) atoms. The molecule has 2 heteroatoms. The second-order valence-electron chi connectivity index (χ2n) is 10.4. The van der Waals surface area contributed by atoms with Gasteiger partial charge in [0.05, 0.1) is 6.10 Å². The van der Waals surface area contributed by atoms with Gasteiger partial charge >= 0.3 is 0 Å². The van der Waals surface area contributed by atoms with Crippen LogP contribution in [-0.4, -0.2) is 21.9 Å². The zero-order valence-corrected chi connectivity index (χ0v) is 17.1. The van der Waals surface area contributed by atoms with E-state index in [1.54, 1.807) is 0 Å². The summed E-state index contributed by atoms with van der Waals surface area (Å²) in [6, 6.07) is 10.1. The maximum atomic E-state index is 11.5. The van der Waals surface area contributed by atoms with Crippen LogP contribution in [0.3, 0.4) is 0 Å². The summed E-state index contributed by atoms with van der Waals surface area (Å²) in [6.07, 6.45) is 10.0. The van der Waals surface area contributed by atoms with Crippen LogP contribution in [0.2, 0.25) is 0 Å². The van der Waals surface area contributed by atoms with Gasteiger partial charge in [-0.25, -0.2) is 0 Å². The van der Waals surface area contributed by atoms with E-state index in [1.807, 2.05) is 30.3 Å². The van der Waals surface area contributed by atoms with Gasteiger partial charge in [0.15, 0.2) is 0 Å². The van der Waals surface area contributed by atoms with Crippen LogP contribution >= 0.6 is 0 Å². The van der Waals surface area contributed by atoms with Crippen LogP contribution in [0.5, 0.6) is 0 Å². The molecule has 0 heterocycles. The van der Waals surface area contributed by atoms with Crippen molar-refractivity contribution in [3.8, 4) is 11.8 Å². The standard InChI is InChI=1S/C26H34O2/c1-25-14-12-20(27)17-19(25)7-8-21-22-13-16-26(28,24(22)10-9-23(21)25)15-11-18-5-3-2-4-6-18/h2-6,19-24,27-28H,7-10,12-14,16-17H2,1H3/t19-,20+,21-,22+,23-,24+,25+,26-/m0/s1. The first-order chi connectivity index (χ1) is 13.5. The Kier molecular flexibility index (Phi) is 4.61. The van der Waals surface area contributed by atoms with Crippen molar-refractivity contribution in [2.75, 3.05) is 0 Å². The molecule has 2 nitrogen and oxygen atoms in total. The third kappa shape index (κ3) is 2.94. The summed E-state index contributed by atoms with van der Waals surface area (Å²) in [5, 5.41) is 21.6. The van der Waals surface area contributed by atoms with E-state index in [0.29, 0.717) is 23.2 Å². The Morgan fingerprint density at radius 2 is 1.64 bits per heavy atom. The van der Waals surface area contributed by atoms with Crippen LogP contribution in [0.1, 0.15) is 70.3 Å². The molecular formula is C26H34O2. The fourth-order valence-electron chi connectivity index (χ4n) is 7.78. The molecule has 4 aliphatic rings. The quantitative estimate of drug-likeness (QED) is 0.638. The van der Waals surface area contributed by atoms with Gasteiger partial charge in [0.2, 0.25) is 0 Å². The molecular weight excluding hydrogens is 344 g/mol. The zero-order valence-electron chi connectivity index (χ0n) is 17.1. The van der Waals surface area contributed by atoms with Crippen molar-refractivity contribution in [2.24, 2.45) is 35.0 Å². The van der Waals surface area contributed by atoms with Crippen molar-refractivity contribution in [3.05, 3.63) is 35.9 Å². The smallest absolute Gasteiger partial charge is 0.128 e. The molecule has 0 aromatic heterocycles. The van der Waals surface area contributed by atoms with E-state index >= 15 is 0 Å². The van der Waals surface area contributed by atoms with Crippen LogP contribution in [0, 0.1) is 46.8 Å². The summed E-state index contributed by atoms with van der Waals surface area (Å²) in [7, 11) is 0. The van der Waals surface area contributed by atoms with Gasteiger partial charge in [-0.2, -0.15) is 0 Å². The van der Waals surface area contributed by atoms with Crippen molar-refractivity contribution in [2.45, 2.75) is 76.4 Å². The molecule has 150 valence electrons. The van der Waals surface area contributed by atoms with Crippen LogP contribution in [0.15, 0.2) is 30.3 Å². The summed E-state index contributed by atoms with van der Waals surface area (Å²) >= 11 is 0. The minimum absolute atomic E-state index is 0.0733. The van der Waals surface area contributed by atoms with E-state index in [4.69, 9.17) is 0 Å². The molecule has 5 rings (SSSR count). The second-order valence-corrected chi connectivity index (χ2v) is 10.4. The average Bonchev–Trinajstić information content (AvgIpc) is 3.05. The van der Waals surface area contributed by atoms with Gasteiger partial charge in [-0.15, -0.1) is 0 Å². The zero-order chi connectivity index (χ0) is 19.4. The molecule has 4 aliphatic carbocycles. The van der Waals surface area contributed by atoms with Gasteiger partial charge < -0.3 is 10.2 Å². The lowest BCUT2D eigenvalue weighted by molar-refractivity contribution is -0.116. The van der Waals surface area contributed by atoms with Crippen LogP contribution in [-0.2, 0) is 0 Å². The van der Waals surface area contributed by atoms with E-state index in [1.165, 1.54) is 25.7 Å². The number of fused-ring (bicyclic) bond motifs is 5. The first kappa shape index (κ1) is 18.7. The fourth-order valence-corrected chi connectivity index (χ4v) is 7.78. The maximum absolute atomic E-state index is 11.5. The number of hydrogen-bond acceptors (Lipinski definition) is 2. The minimum atomic E-state index is -0.800. The Labute approximate surface area is 169 Å². The summed E-state index contributed by atoms with van der Waals surface area (Å²) in [5.74, 6) is 9.79. The first-order valence-electron chi connectivity index (χ1n) is 11.5. The Morgan fingerprint density at radius 1 is 0.893 bits per heavy atom. The molecule has 0 bridgehead atoms. The topological polar surface area (TPSA) is 40.5 Å². The van der Waals surface area contributed by atoms with Crippen molar-refractivity contribution in [1.29, 1.82) is 0 Å². The van der Waals surface area contributed by atoms with Gasteiger partial charge in [0.1, 0.15) is 5.60 Å². The largest absolute Gasteiger partial charge is 0.393 e. The summed E-state index contributed by atoms with van der Waals surface area (Å²) in [5.41, 5.74) is 0.608. The van der Waals surface area contributed by atoms with Gasteiger partial charge in [-0.1, -0.05) is 37.0 Å². The van der Waals surface area contributed by atoms with Gasteiger partial charge in [0, 0.05) is 11.5 Å². The Bertz CT molecular complexity index is 777. The predicted molar refractivity (Wildman–Crippen MR) is 111 cm³/mol. The maximum Gasteiger partial charge on any atom is 0.128 e. The highest BCUT2D eigenvalue weighted by molar-refractivity contribution is 5.37. The molecule has 1 aromatic carbocycles. The van der Waals surface area contributed by atoms with Crippen molar-refractivity contribution in [1.82, 2.24) is 0 Å². The van der Waals surface area contributed by atoms with Gasteiger partial charge in [-0.3, -0.25) is 0 Å². The van der Waals surface area contributed by atoms with E-state index in [0.717, 1.165) is 49.5 Å². The van der Waals surface area contributed by atoms with Crippen molar-refractivity contribution in [3.63, 3.8) is 0 Å². The lowest BCUT2D eigenvalue weighted by Crippen LogP contribution is -2.53. The third-order valence-corrected chi connectivity index (χ3v) is 9.24. The molecule has 0 aliphatic heterocycles. The fraction of sp³-hybridized carbons (Fsp3) is 0.692. The summed E-state index contributed by atoms with van der Waals surface area (Å²) in [4.78, 5) is 0. The summed E-state index contributed by atoms with van der Waals surface area (Å²) < 4.78 is 0. The van der Waals surface area contributed by atoms with Crippen LogP contribution in [0.25, 0.3) is 0 Å². The number of hydrogen-bond donors (Lipinski definition) is 2. The molecule has 0 unspecified atom stereocenters. The second kappa shape index (κ2) is 6.89. The molecule has 8 atom stereocenters. The highest BCUT2D eigenvalue weighted by Crippen LogP contribution is 2.64. The van der Waals surface area contributed by atoms with E-state index in [2.05, 4.69) is 18.8 Å². The van der Waals surface area contributed by atoms with E-state index in [-0.39, 0.29) is 6.10 Å². The lowest BCUT2D eigenvalue weighted by atomic mass is 9.47. The summed E-state index contributed by atoms with van der Waals surface area (Å²) in [6.45, 7) is 2.52. The molecule has 0 radical (unpaired) electrons. The van der Waals surface area contributed by atoms with Crippen molar-refractivity contribution >= 4 is 0 Å². The molecule has 4 saturated carbocycles. The van der Waals surface area contributed by atoms with Crippen LogP contribution < -0.4 is 0 Å². The highest BCUT2D eigenvalue weighted by atomic mass is 16.3. The number of aliphatic hydroxyl groups is 2. The monoisotopic (exact) mass is 378 g/mol. The molecule has 4 fully saturated rings. The van der Waals surface area contributed by atoms with Crippen molar-refractivity contribution < 1.29 is 10.2 Å². The Balaban J connectivity index is 1.37. The van der Waals surface area contributed by atoms with E-state index < -0.39 is 5.60 Å². The van der Waals surface area contributed by atoms with Crippen LogP contribution in [0.4, 0.5) is 0 Å². The normalized spacial score (nSPS) is 47.2. The SMILES string of the molecule is C[C@@]12CC[C@@H](O)C[C@@H]1CC[C@H]1[C@H]3CC[C@@](O)(C#Cc4ccccc4)[C@@H]3CC[C@@H]12. The lowest BCUT2D eigenvalue weighted by Gasteiger charge is -2.59. The molecule has 0 amide bonds. The molecule has 1 aromatic rings. The van der Waals surface area contributed by atoms with E-state index in [9.17, 15) is 10.2 Å². The highest BCUT2D eigenvalue weighted by Gasteiger charge is 2.59. The first-order valence-corrected chi connectivity index (χ1v) is 11.5. The number of rotatable bonds is 0.